The third kappa shape index (κ3) is 6.15. The van der Waals surface area contributed by atoms with Crippen molar-refractivity contribution in [2.45, 2.75) is 6.42 Å². The summed E-state index contributed by atoms with van der Waals surface area (Å²) in [5.41, 5.74) is 2.09. The molecule has 0 aliphatic heterocycles. The van der Waals surface area contributed by atoms with Crippen LogP contribution in [0.15, 0.2) is 72.8 Å². The predicted molar refractivity (Wildman–Crippen MR) is 119 cm³/mol. The summed E-state index contributed by atoms with van der Waals surface area (Å²) in [7, 11) is 0. The number of benzene rings is 3. The van der Waals surface area contributed by atoms with E-state index in [2.05, 4.69) is 21.3 Å². The molecule has 0 unspecified atom stereocenters. The van der Waals surface area contributed by atoms with Gasteiger partial charge in [0, 0.05) is 17.9 Å². The van der Waals surface area contributed by atoms with Crippen LogP contribution in [-0.2, 0) is 6.42 Å². The number of phenols is 1. The Hall–Kier alpha value is -3.71. The lowest BCUT2D eigenvalue weighted by atomic mass is 10.1. The zero-order chi connectivity index (χ0) is 21.3. The first kappa shape index (κ1) is 21.0. The normalized spacial score (nSPS) is 10.2. The van der Waals surface area contributed by atoms with Gasteiger partial charge in [0.05, 0.1) is 10.7 Å². The number of nitrogens with one attached hydrogen (secondary N) is 4. The van der Waals surface area contributed by atoms with Crippen molar-refractivity contribution in [2.24, 2.45) is 0 Å². The molecule has 0 fully saturated rings. The molecule has 0 radical (unpaired) electrons. The Labute approximate surface area is 179 Å². The highest BCUT2D eigenvalue weighted by molar-refractivity contribution is 6.33. The Morgan fingerprint density at radius 3 is 2.13 bits per heavy atom. The summed E-state index contributed by atoms with van der Waals surface area (Å²) in [4.78, 5) is 24.3. The van der Waals surface area contributed by atoms with E-state index in [-0.39, 0.29) is 16.5 Å². The van der Waals surface area contributed by atoms with Crippen LogP contribution in [0, 0.1) is 0 Å². The average Bonchev–Trinajstić information content (AvgIpc) is 2.73. The quantitative estimate of drug-likeness (QED) is 0.282. The molecule has 0 aliphatic carbocycles. The van der Waals surface area contributed by atoms with Gasteiger partial charge in [0.15, 0.2) is 5.75 Å². The van der Waals surface area contributed by atoms with E-state index in [0.717, 1.165) is 5.56 Å². The molecule has 0 saturated heterocycles. The van der Waals surface area contributed by atoms with Gasteiger partial charge in [0.1, 0.15) is 0 Å². The fourth-order valence-corrected chi connectivity index (χ4v) is 2.93. The molecule has 0 aromatic heterocycles. The molecule has 7 nitrogen and oxygen atoms in total. The molecule has 0 bridgehead atoms. The molecule has 0 saturated carbocycles. The zero-order valence-corrected chi connectivity index (χ0v) is 16.7. The maximum atomic E-state index is 12.2. The Kier molecular flexibility index (Phi) is 7.13. The number of phenolic OH excluding ortho intramolecular Hbond substituents is 1. The van der Waals surface area contributed by atoms with Crippen LogP contribution in [0.2, 0.25) is 5.02 Å². The van der Waals surface area contributed by atoms with Gasteiger partial charge in [-0.1, -0.05) is 60.1 Å². The van der Waals surface area contributed by atoms with E-state index in [0.29, 0.717) is 24.3 Å². The molecule has 5 N–H and O–H groups in total. The van der Waals surface area contributed by atoms with Gasteiger partial charge < -0.3 is 26.4 Å². The fourth-order valence-electron chi connectivity index (χ4n) is 2.71. The van der Waals surface area contributed by atoms with Crippen LogP contribution in [0.3, 0.4) is 0 Å². The molecule has 154 valence electrons. The van der Waals surface area contributed by atoms with E-state index in [4.69, 9.17) is 11.6 Å². The minimum Gasteiger partial charge on any atom is -0.504 e. The van der Waals surface area contributed by atoms with Gasteiger partial charge in [-0.15, -0.1) is 0 Å². The lowest BCUT2D eigenvalue weighted by Gasteiger charge is -2.13. The van der Waals surface area contributed by atoms with Crippen molar-refractivity contribution in [3.63, 3.8) is 0 Å². The zero-order valence-electron chi connectivity index (χ0n) is 16.0. The molecular formula is C22H21ClN4O3. The first-order chi connectivity index (χ1) is 14.5. The first-order valence-corrected chi connectivity index (χ1v) is 9.63. The largest absolute Gasteiger partial charge is 0.504 e. The maximum Gasteiger partial charge on any atom is 0.323 e. The van der Waals surface area contributed by atoms with Crippen molar-refractivity contribution in [3.05, 3.63) is 83.4 Å². The van der Waals surface area contributed by atoms with Crippen LogP contribution in [0.1, 0.15) is 5.56 Å². The molecule has 0 atom stereocenters. The minimum atomic E-state index is -0.558. The molecule has 0 heterocycles. The molecule has 3 aromatic carbocycles. The third-order valence-electron chi connectivity index (χ3n) is 4.14. The second-order valence-electron chi connectivity index (χ2n) is 6.42. The summed E-state index contributed by atoms with van der Waals surface area (Å²) < 4.78 is 0. The van der Waals surface area contributed by atoms with Gasteiger partial charge in [0.2, 0.25) is 0 Å². The number of carbonyl (C=O) groups excluding carboxylic acids is 2. The summed E-state index contributed by atoms with van der Waals surface area (Å²) in [6.45, 7) is 0.451. The third-order valence-corrected chi connectivity index (χ3v) is 4.43. The van der Waals surface area contributed by atoms with Gasteiger partial charge in [-0.2, -0.15) is 0 Å². The van der Waals surface area contributed by atoms with E-state index >= 15 is 0 Å². The van der Waals surface area contributed by atoms with Gasteiger partial charge in [-0.05, 0) is 36.2 Å². The molecule has 3 aromatic rings. The summed E-state index contributed by atoms with van der Waals surface area (Å²) in [6.07, 6.45) is 0.692. The molecule has 30 heavy (non-hydrogen) atoms. The predicted octanol–water partition coefficient (Wildman–Crippen LogP) is 5.05. The number of hydrogen-bond donors (Lipinski definition) is 5. The van der Waals surface area contributed by atoms with Crippen LogP contribution in [0.5, 0.6) is 5.75 Å². The van der Waals surface area contributed by atoms with E-state index in [9.17, 15) is 14.7 Å². The van der Waals surface area contributed by atoms with Crippen molar-refractivity contribution >= 4 is 40.7 Å². The summed E-state index contributed by atoms with van der Waals surface area (Å²) in [5.74, 6) is -0.296. The number of aromatic hydroxyl groups is 1. The topological polar surface area (TPSA) is 102 Å². The molecular weight excluding hydrogens is 404 g/mol. The second kappa shape index (κ2) is 10.2. The number of para-hydroxylation sites is 1. The highest BCUT2D eigenvalue weighted by Gasteiger charge is 2.13. The number of halogens is 1. The monoisotopic (exact) mass is 424 g/mol. The Balaban J connectivity index is 1.58. The summed E-state index contributed by atoms with van der Waals surface area (Å²) in [5, 5.41) is 20.7. The molecule has 3 rings (SSSR count). The van der Waals surface area contributed by atoms with Gasteiger partial charge in [-0.3, -0.25) is 0 Å². The lowest BCUT2D eigenvalue weighted by molar-refractivity contribution is 0.252. The van der Waals surface area contributed by atoms with E-state index in [1.807, 2.05) is 36.4 Å². The average molecular weight is 425 g/mol. The number of anilines is 3. The Bertz CT molecular complexity index is 1010. The number of carbonyl (C=O) groups is 2. The minimum absolute atomic E-state index is 0.00732. The van der Waals surface area contributed by atoms with Gasteiger partial charge in [-0.25, -0.2) is 9.59 Å². The van der Waals surface area contributed by atoms with Crippen molar-refractivity contribution in [1.82, 2.24) is 5.32 Å². The number of rotatable bonds is 6. The lowest BCUT2D eigenvalue weighted by Crippen LogP contribution is -2.30. The molecule has 8 heteroatoms. The van der Waals surface area contributed by atoms with Crippen LogP contribution >= 0.6 is 11.6 Å². The van der Waals surface area contributed by atoms with E-state index < -0.39 is 12.1 Å². The molecule has 0 aliphatic rings. The van der Waals surface area contributed by atoms with Crippen molar-refractivity contribution in [1.29, 1.82) is 0 Å². The first-order valence-electron chi connectivity index (χ1n) is 9.25. The Morgan fingerprint density at radius 1 is 0.800 bits per heavy atom. The molecule has 0 spiro atoms. The maximum absolute atomic E-state index is 12.2. The summed E-state index contributed by atoms with van der Waals surface area (Å²) >= 11 is 6.04. The van der Waals surface area contributed by atoms with Crippen molar-refractivity contribution in [3.8, 4) is 5.75 Å². The Morgan fingerprint density at radius 2 is 1.43 bits per heavy atom. The highest BCUT2D eigenvalue weighted by Crippen LogP contribution is 2.35. The standard InChI is InChI=1S/C22H21ClN4O3/c23-18-13-17(26-21(29)24-12-11-15-7-3-1-4-8-15)14-19(20(18)28)27-22(30)25-16-9-5-2-6-10-16/h1-10,13-14,28H,11-12H2,(H2,24,26,29)(H2,25,27,30). The van der Waals surface area contributed by atoms with E-state index in [1.54, 1.807) is 24.3 Å². The highest BCUT2D eigenvalue weighted by atomic mass is 35.5. The number of amides is 4. The smallest absolute Gasteiger partial charge is 0.323 e. The van der Waals surface area contributed by atoms with Crippen molar-refractivity contribution in [2.75, 3.05) is 22.5 Å². The second-order valence-corrected chi connectivity index (χ2v) is 6.82. The van der Waals surface area contributed by atoms with Crippen LogP contribution < -0.4 is 21.3 Å². The number of urea groups is 2. The van der Waals surface area contributed by atoms with Crippen molar-refractivity contribution < 1.29 is 14.7 Å². The SMILES string of the molecule is O=C(NCCc1ccccc1)Nc1cc(Cl)c(O)c(NC(=O)Nc2ccccc2)c1. The van der Waals surface area contributed by atoms with Gasteiger partial charge >= 0.3 is 12.1 Å². The van der Waals surface area contributed by atoms with Gasteiger partial charge in [0.25, 0.3) is 0 Å². The van der Waals surface area contributed by atoms with E-state index in [1.165, 1.54) is 12.1 Å². The molecule has 4 amide bonds. The summed E-state index contributed by atoms with van der Waals surface area (Å²) in [6, 6.07) is 20.5. The van der Waals surface area contributed by atoms with Crippen LogP contribution in [-0.4, -0.2) is 23.7 Å². The van der Waals surface area contributed by atoms with Crippen LogP contribution in [0.25, 0.3) is 0 Å². The fraction of sp³-hybridized carbons (Fsp3) is 0.0909. The number of hydrogen-bond acceptors (Lipinski definition) is 3. The van der Waals surface area contributed by atoms with Crippen LogP contribution in [0.4, 0.5) is 26.7 Å².